The van der Waals surface area contributed by atoms with Gasteiger partial charge in [-0.3, -0.25) is 9.78 Å². The van der Waals surface area contributed by atoms with Crippen LogP contribution in [0, 0.1) is 0 Å². The van der Waals surface area contributed by atoms with Gasteiger partial charge < -0.3 is 9.32 Å². The molecule has 0 fully saturated rings. The highest BCUT2D eigenvalue weighted by Crippen LogP contribution is 2.17. The fourth-order valence-electron chi connectivity index (χ4n) is 1.28. The number of rotatable bonds is 5. The normalized spacial score (nSPS) is 10.4. The molecule has 100 valence electrons. The molecule has 0 radical (unpaired) electrons. The fourth-order valence-corrected chi connectivity index (χ4v) is 2.04. The maximum atomic E-state index is 11.4. The van der Waals surface area contributed by atoms with Gasteiger partial charge in [0.15, 0.2) is 0 Å². The molecule has 0 aliphatic carbocycles. The second-order valence-corrected chi connectivity index (χ2v) is 4.96. The summed E-state index contributed by atoms with van der Waals surface area (Å²) in [7, 11) is 3.42. The Hall–Kier alpha value is -1.89. The van der Waals surface area contributed by atoms with E-state index in [4.69, 9.17) is 4.42 Å². The van der Waals surface area contributed by atoms with Crippen LogP contribution in [0.15, 0.2) is 34.0 Å². The number of carbonyl (C=O) groups is 1. The SMILES string of the molecule is CN(C)C(=O)CSc1nnc(Cc2ccccn2)o1. The Balaban J connectivity index is 1.91. The lowest BCUT2D eigenvalue weighted by Crippen LogP contribution is -2.23. The molecule has 0 aliphatic heterocycles. The molecule has 0 saturated heterocycles. The van der Waals surface area contributed by atoms with Crippen molar-refractivity contribution in [2.24, 2.45) is 0 Å². The third-order valence-corrected chi connectivity index (χ3v) is 3.13. The molecule has 0 bridgehead atoms. The van der Waals surface area contributed by atoms with E-state index in [1.165, 1.54) is 16.7 Å². The molecule has 0 aliphatic rings. The van der Waals surface area contributed by atoms with Crippen LogP contribution in [-0.2, 0) is 11.2 Å². The van der Waals surface area contributed by atoms with Gasteiger partial charge in [-0.2, -0.15) is 0 Å². The van der Waals surface area contributed by atoms with E-state index in [9.17, 15) is 4.79 Å². The molecule has 0 saturated carbocycles. The van der Waals surface area contributed by atoms with Crippen molar-refractivity contribution in [2.75, 3.05) is 19.8 Å². The molecule has 0 aromatic carbocycles. The largest absolute Gasteiger partial charge is 0.416 e. The minimum absolute atomic E-state index is 0.00877. The highest BCUT2D eigenvalue weighted by Gasteiger charge is 2.11. The molecule has 0 unspecified atom stereocenters. The maximum Gasteiger partial charge on any atom is 0.277 e. The first-order valence-electron chi connectivity index (χ1n) is 5.70. The van der Waals surface area contributed by atoms with Gasteiger partial charge >= 0.3 is 0 Å². The average Bonchev–Trinajstić information content (AvgIpc) is 2.84. The second kappa shape index (κ2) is 6.33. The van der Waals surface area contributed by atoms with Crippen LogP contribution in [0.2, 0.25) is 0 Å². The van der Waals surface area contributed by atoms with Crippen molar-refractivity contribution in [3.05, 3.63) is 36.0 Å². The van der Waals surface area contributed by atoms with Crippen molar-refractivity contribution < 1.29 is 9.21 Å². The number of hydrogen-bond acceptors (Lipinski definition) is 6. The van der Waals surface area contributed by atoms with Crippen molar-refractivity contribution in [3.8, 4) is 0 Å². The fraction of sp³-hybridized carbons (Fsp3) is 0.333. The van der Waals surface area contributed by atoms with Gasteiger partial charge in [0.2, 0.25) is 11.8 Å². The van der Waals surface area contributed by atoms with Gasteiger partial charge in [0, 0.05) is 26.0 Å². The molecule has 0 spiro atoms. The summed E-state index contributed by atoms with van der Waals surface area (Å²) in [4.78, 5) is 17.1. The molecule has 0 atom stereocenters. The Bertz CT molecular complexity index is 542. The minimum atomic E-state index is 0.00877. The van der Waals surface area contributed by atoms with Gasteiger partial charge in [0.1, 0.15) is 0 Å². The minimum Gasteiger partial charge on any atom is -0.416 e. The summed E-state index contributed by atoms with van der Waals surface area (Å²) in [5, 5.41) is 8.23. The lowest BCUT2D eigenvalue weighted by Gasteiger charge is -2.07. The predicted molar refractivity (Wildman–Crippen MR) is 70.8 cm³/mol. The Labute approximate surface area is 115 Å². The molecular formula is C12H14N4O2S. The molecule has 2 rings (SSSR count). The van der Waals surface area contributed by atoms with E-state index in [1.54, 1.807) is 20.3 Å². The summed E-state index contributed by atoms with van der Waals surface area (Å²) >= 11 is 1.24. The maximum absolute atomic E-state index is 11.4. The first-order valence-corrected chi connectivity index (χ1v) is 6.69. The van der Waals surface area contributed by atoms with Gasteiger partial charge in [-0.1, -0.05) is 17.8 Å². The standard InChI is InChI=1S/C12H14N4O2S/c1-16(2)11(17)8-19-12-15-14-10(18-12)7-9-5-3-4-6-13-9/h3-6H,7-8H2,1-2H3. The van der Waals surface area contributed by atoms with Crippen LogP contribution in [0.4, 0.5) is 0 Å². The number of nitrogens with zero attached hydrogens (tertiary/aromatic N) is 4. The van der Waals surface area contributed by atoms with E-state index < -0.39 is 0 Å². The van der Waals surface area contributed by atoms with Crippen LogP contribution in [-0.4, -0.2) is 45.8 Å². The number of amides is 1. The molecule has 2 heterocycles. The second-order valence-electron chi connectivity index (χ2n) is 4.04. The number of hydrogen-bond donors (Lipinski definition) is 0. The number of carbonyl (C=O) groups excluding carboxylic acids is 1. The van der Waals surface area contributed by atoms with Crippen molar-refractivity contribution >= 4 is 17.7 Å². The van der Waals surface area contributed by atoms with E-state index in [1.807, 2.05) is 18.2 Å². The van der Waals surface area contributed by atoms with Gasteiger partial charge in [0.25, 0.3) is 5.22 Å². The molecule has 1 amide bonds. The highest BCUT2D eigenvalue weighted by molar-refractivity contribution is 7.99. The topological polar surface area (TPSA) is 72.1 Å². The third kappa shape index (κ3) is 4.06. The zero-order chi connectivity index (χ0) is 13.7. The average molecular weight is 278 g/mol. The molecule has 19 heavy (non-hydrogen) atoms. The molecule has 2 aromatic rings. The number of thioether (sulfide) groups is 1. The molecule has 7 heteroatoms. The summed E-state index contributed by atoms with van der Waals surface area (Å²) in [5.74, 6) is 0.797. The summed E-state index contributed by atoms with van der Waals surface area (Å²) in [6, 6.07) is 5.65. The summed E-state index contributed by atoms with van der Waals surface area (Å²) in [6.45, 7) is 0. The van der Waals surface area contributed by atoms with E-state index >= 15 is 0 Å². The summed E-state index contributed by atoms with van der Waals surface area (Å²) in [5.41, 5.74) is 0.868. The van der Waals surface area contributed by atoms with E-state index in [0.717, 1.165) is 5.69 Å². The van der Waals surface area contributed by atoms with Crippen LogP contribution < -0.4 is 0 Å². The Morgan fingerprint density at radius 1 is 1.37 bits per heavy atom. The van der Waals surface area contributed by atoms with Gasteiger partial charge in [-0.15, -0.1) is 10.2 Å². The van der Waals surface area contributed by atoms with Crippen LogP contribution in [0.3, 0.4) is 0 Å². The van der Waals surface area contributed by atoms with Crippen LogP contribution in [0.25, 0.3) is 0 Å². The lowest BCUT2D eigenvalue weighted by molar-refractivity contribution is -0.125. The first kappa shape index (κ1) is 13.5. The quantitative estimate of drug-likeness (QED) is 0.766. The van der Waals surface area contributed by atoms with Gasteiger partial charge in [0.05, 0.1) is 12.2 Å². The Kier molecular flexibility index (Phi) is 4.51. The first-order chi connectivity index (χ1) is 9.15. The number of aromatic nitrogens is 3. The summed E-state index contributed by atoms with van der Waals surface area (Å²) < 4.78 is 5.45. The van der Waals surface area contributed by atoms with Crippen molar-refractivity contribution in [1.82, 2.24) is 20.1 Å². The zero-order valence-corrected chi connectivity index (χ0v) is 11.6. The van der Waals surface area contributed by atoms with Gasteiger partial charge in [-0.05, 0) is 12.1 Å². The smallest absolute Gasteiger partial charge is 0.277 e. The van der Waals surface area contributed by atoms with E-state index in [2.05, 4.69) is 15.2 Å². The lowest BCUT2D eigenvalue weighted by atomic mass is 10.3. The van der Waals surface area contributed by atoms with Crippen molar-refractivity contribution in [2.45, 2.75) is 11.6 Å². The van der Waals surface area contributed by atoms with E-state index in [0.29, 0.717) is 17.5 Å². The molecular weight excluding hydrogens is 264 g/mol. The monoisotopic (exact) mass is 278 g/mol. The van der Waals surface area contributed by atoms with Gasteiger partial charge in [-0.25, -0.2) is 0 Å². The van der Waals surface area contributed by atoms with Crippen molar-refractivity contribution in [1.29, 1.82) is 0 Å². The molecule has 0 N–H and O–H groups in total. The molecule has 2 aromatic heterocycles. The highest BCUT2D eigenvalue weighted by atomic mass is 32.2. The predicted octanol–water partition coefficient (Wildman–Crippen LogP) is 1.24. The Morgan fingerprint density at radius 3 is 2.89 bits per heavy atom. The zero-order valence-electron chi connectivity index (χ0n) is 10.7. The van der Waals surface area contributed by atoms with Crippen LogP contribution in [0.1, 0.15) is 11.6 Å². The van der Waals surface area contributed by atoms with Crippen LogP contribution >= 0.6 is 11.8 Å². The third-order valence-electron chi connectivity index (χ3n) is 2.32. The molecule has 6 nitrogen and oxygen atoms in total. The Morgan fingerprint density at radius 2 is 2.21 bits per heavy atom. The number of pyridine rings is 1. The summed E-state index contributed by atoms with van der Waals surface area (Å²) in [6.07, 6.45) is 2.22. The van der Waals surface area contributed by atoms with E-state index in [-0.39, 0.29) is 11.7 Å². The van der Waals surface area contributed by atoms with Crippen LogP contribution in [0.5, 0.6) is 0 Å². The van der Waals surface area contributed by atoms with Crippen molar-refractivity contribution in [3.63, 3.8) is 0 Å².